The number of anilines is 1. The van der Waals surface area contributed by atoms with Gasteiger partial charge in [0.2, 0.25) is 0 Å². The smallest absolute Gasteiger partial charge is 0.193 e. The van der Waals surface area contributed by atoms with E-state index in [1.165, 1.54) is 0 Å². The van der Waals surface area contributed by atoms with E-state index in [2.05, 4.69) is 23.3 Å². The molecule has 1 atom stereocenters. The first-order valence-corrected chi connectivity index (χ1v) is 7.92. The fraction of sp³-hybridized carbons (Fsp3) is 0.316. The Hall–Kier alpha value is -2.53. The molecule has 128 valence electrons. The summed E-state index contributed by atoms with van der Waals surface area (Å²) >= 11 is 0. The minimum atomic E-state index is 0.204. The standard InChI is InChI=1S/C19H25N3O2/c1-14(16-9-5-7-11-18(16)24-3)12-21-19(20)22-17-10-6-4-8-15(17)13-23-2/h4-11,14H,12-13H2,1-3H3,(H3,20,21,22). The Kier molecular flexibility index (Phi) is 6.63. The van der Waals surface area contributed by atoms with E-state index in [1.807, 2.05) is 42.5 Å². The van der Waals surface area contributed by atoms with E-state index in [9.17, 15) is 0 Å². The quantitative estimate of drug-likeness (QED) is 0.604. The highest BCUT2D eigenvalue weighted by Gasteiger charge is 2.10. The van der Waals surface area contributed by atoms with Crippen molar-refractivity contribution < 1.29 is 9.47 Å². The molecule has 5 nitrogen and oxygen atoms in total. The van der Waals surface area contributed by atoms with Crippen LogP contribution in [0.25, 0.3) is 0 Å². The van der Waals surface area contributed by atoms with Gasteiger partial charge in [0.1, 0.15) is 5.75 Å². The molecule has 0 aliphatic heterocycles. The van der Waals surface area contributed by atoms with Crippen LogP contribution in [-0.2, 0) is 11.3 Å². The lowest BCUT2D eigenvalue weighted by Gasteiger charge is -2.15. The number of methoxy groups -OCH3 is 2. The molecule has 0 aromatic heterocycles. The summed E-state index contributed by atoms with van der Waals surface area (Å²) in [6.07, 6.45) is 0. The van der Waals surface area contributed by atoms with Crippen molar-refractivity contribution in [2.45, 2.75) is 19.4 Å². The lowest BCUT2D eigenvalue weighted by atomic mass is 10.0. The van der Waals surface area contributed by atoms with Crippen molar-refractivity contribution in [3.63, 3.8) is 0 Å². The fourth-order valence-corrected chi connectivity index (χ4v) is 2.51. The summed E-state index contributed by atoms with van der Waals surface area (Å²) in [4.78, 5) is 4.46. The van der Waals surface area contributed by atoms with Gasteiger partial charge in [-0.25, -0.2) is 0 Å². The summed E-state index contributed by atoms with van der Waals surface area (Å²) in [6, 6.07) is 15.8. The van der Waals surface area contributed by atoms with Crippen molar-refractivity contribution >= 4 is 11.6 Å². The minimum absolute atomic E-state index is 0.204. The maximum atomic E-state index is 6.03. The lowest BCUT2D eigenvalue weighted by Crippen LogP contribution is -2.24. The fourth-order valence-electron chi connectivity index (χ4n) is 2.51. The zero-order valence-electron chi connectivity index (χ0n) is 14.5. The maximum Gasteiger partial charge on any atom is 0.193 e. The SMILES string of the molecule is COCc1ccccc1NC(N)=NCC(C)c1ccccc1OC. The number of nitrogens with two attached hydrogens (primary N) is 1. The van der Waals surface area contributed by atoms with Crippen LogP contribution >= 0.6 is 0 Å². The first kappa shape index (κ1) is 17.8. The van der Waals surface area contributed by atoms with Crippen LogP contribution in [0.1, 0.15) is 24.0 Å². The van der Waals surface area contributed by atoms with E-state index < -0.39 is 0 Å². The number of rotatable bonds is 7. The van der Waals surface area contributed by atoms with Gasteiger partial charge in [-0.2, -0.15) is 0 Å². The molecule has 0 saturated heterocycles. The molecule has 24 heavy (non-hydrogen) atoms. The molecular formula is C19H25N3O2. The van der Waals surface area contributed by atoms with Gasteiger partial charge in [0.25, 0.3) is 0 Å². The summed E-state index contributed by atoms with van der Waals surface area (Å²) < 4.78 is 10.6. The van der Waals surface area contributed by atoms with Crippen LogP contribution in [0, 0.1) is 0 Å². The van der Waals surface area contributed by atoms with Crippen molar-refractivity contribution in [2.24, 2.45) is 10.7 Å². The van der Waals surface area contributed by atoms with Gasteiger partial charge >= 0.3 is 0 Å². The maximum absolute atomic E-state index is 6.03. The van der Waals surface area contributed by atoms with Crippen LogP contribution in [-0.4, -0.2) is 26.7 Å². The third-order valence-corrected chi connectivity index (χ3v) is 3.79. The van der Waals surface area contributed by atoms with Crippen LogP contribution in [0.4, 0.5) is 5.69 Å². The molecule has 3 N–H and O–H groups in total. The highest BCUT2D eigenvalue weighted by Crippen LogP contribution is 2.26. The molecule has 2 aromatic rings. The number of benzene rings is 2. The van der Waals surface area contributed by atoms with E-state index in [0.717, 1.165) is 22.6 Å². The molecule has 0 heterocycles. The first-order chi connectivity index (χ1) is 11.7. The van der Waals surface area contributed by atoms with Crippen molar-refractivity contribution in [3.8, 4) is 5.75 Å². The van der Waals surface area contributed by atoms with Crippen LogP contribution in [0.3, 0.4) is 0 Å². The molecule has 0 bridgehead atoms. The van der Waals surface area contributed by atoms with Gasteiger partial charge < -0.3 is 20.5 Å². The first-order valence-electron chi connectivity index (χ1n) is 7.92. The number of hydrogen-bond donors (Lipinski definition) is 2. The monoisotopic (exact) mass is 327 g/mol. The molecule has 2 aromatic carbocycles. The average molecular weight is 327 g/mol. The molecule has 0 amide bonds. The van der Waals surface area contributed by atoms with Crippen molar-refractivity contribution in [1.82, 2.24) is 0 Å². The van der Waals surface area contributed by atoms with E-state index >= 15 is 0 Å². The molecule has 5 heteroatoms. The molecule has 2 rings (SSSR count). The Morgan fingerprint density at radius 1 is 1.12 bits per heavy atom. The normalized spacial score (nSPS) is 12.7. The molecule has 0 saturated carbocycles. The molecule has 0 aliphatic carbocycles. The molecule has 0 radical (unpaired) electrons. The van der Waals surface area contributed by atoms with Gasteiger partial charge in [0.15, 0.2) is 5.96 Å². The number of guanidine groups is 1. The van der Waals surface area contributed by atoms with Crippen LogP contribution in [0.2, 0.25) is 0 Å². The van der Waals surface area contributed by atoms with Gasteiger partial charge in [0.05, 0.1) is 13.7 Å². The molecule has 0 fully saturated rings. The largest absolute Gasteiger partial charge is 0.496 e. The van der Waals surface area contributed by atoms with Gasteiger partial charge in [-0.15, -0.1) is 0 Å². The van der Waals surface area contributed by atoms with E-state index in [1.54, 1.807) is 14.2 Å². The van der Waals surface area contributed by atoms with Crippen molar-refractivity contribution in [3.05, 3.63) is 59.7 Å². The molecular weight excluding hydrogens is 302 g/mol. The third kappa shape index (κ3) is 4.73. The average Bonchev–Trinajstić information content (AvgIpc) is 2.61. The van der Waals surface area contributed by atoms with E-state index in [-0.39, 0.29) is 5.92 Å². The number of aliphatic imine (C=N–C) groups is 1. The molecule has 0 spiro atoms. The zero-order valence-corrected chi connectivity index (χ0v) is 14.5. The topological polar surface area (TPSA) is 68.9 Å². The van der Waals surface area contributed by atoms with E-state index in [4.69, 9.17) is 15.2 Å². The van der Waals surface area contributed by atoms with E-state index in [0.29, 0.717) is 19.1 Å². The summed E-state index contributed by atoms with van der Waals surface area (Å²) in [7, 11) is 3.35. The lowest BCUT2D eigenvalue weighted by molar-refractivity contribution is 0.185. The van der Waals surface area contributed by atoms with Gasteiger partial charge in [-0.05, 0) is 17.7 Å². The van der Waals surface area contributed by atoms with Crippen molar-refractivity contribution in [2.75, 3.05) is 26.1 Å². The number of nitrogens with one attached hydrogen (secondary N) is 1. The van der Waals surface area contributed by atoms with Gasteiger partial charge in [-0.1, -0.05) is 43.3 Å². The Morgan fingerprint density at radius 3 is 2.58 bits per heavy atom. The Balaban J connectivity index is 2.04. The van der Waals surface area contributed by atoms with Crippen LogP contribution in [0.15, 0.2) is 53.5 Å². The summed E-state index contributed by atoms with van der Waals surface area (Å²) in [5, 5.41) is 3.15. The molecule has 1 unspecified atom stereocenters. The predicted octanol–water partition coefficient (Wildman–Crippen LogP) is 3.37. The van der Waals surface area contributed by atoms with Gasteiger partial charge in [-0.3, -0.25) is 4.99 Å². The Labute approximate surface area is 143 Å². The molecule has 0 aliphatic rings. The minimum Gasteiger partial charge on any atom is -0.496 e. The third-order valence-electron chi connectivity index (χ3n) is 3.79. The van der Waals surface area contributed by atoms with Crippen LogP contribution < -0.4 is 15.8 Å². The Bertz CT molecular complexity index is 686. The second kappa shape index (κ2) is 8.93. The highest BCUT2D eigenvalue weighted by atomic mass is 16.5. The summed E-state index contributed by atoms with van der Waals surface area (Å²) in [5.74, 6) is 1.47. The highest BCUT2D eigenvalue weighted by molar-refractivity contribution is 5.93. The Morgan fingerprint density at radius 2 is 1.83 bits per heavy atom. The summed E-state index contributed by atoms with van der Waals surface area (Å²) in [6.45, 7) is 3.20. The number of nitrogens with zero attached hydrogens (tertiary/aromatic N) is 1. The second-order valence-electron chi connectivity index (χ2n) is 5.58. The van der Waals surface area contributed by atoms with Crippen LogP contribution in [0.5, 0.6) is 5.75 Å². The van der Waals surface area contributed by atoms with Crippen molar-refractivity contribution in [1.29, 1.82) is 0 Å². The predicted molar refractivity (Wildman–Crippen MR) is 98.7 cm³/mol. The number of ether oxygens (including phenoxy) is 2. The summed E-state index contributed by atoms with van der Waals surface area (Å²) in [5.41, 5.74) is 9.10. The second-order valence-corrected chi connectivity index (χ2v) is 5.58. The number of para-hydroxylation sites is 2. The van der Waals surface area contributed by atoms with Gasteiger partial charge in [0, 0.05) is 30.8 Å². The number of hydrogen-bond acceptors (Lipinski definition) is 3. The zero-order chi connectivity index (χ0) is 17.4.